The maximum absolute atomic E-state index is 12.1. The lowest BCUT2D eigenvalue weighted by molar-refractivity contribution is 0.340. The number of para-hydroxylation sites is 1. The van der Waals surface area contributed by atoms with Crippen LogP contribution in [0.25, 0.3) is 10.9 Å². The number of rotatable bonds is 3. The van der Waals surface area contributed by atoms with Gasteiger partial charge in [-0.2, -0.15) is 4.68 Å². The predicted molar refractivity (Wildman–Crippen MR) is 66.3 cm³/mol. The second-order valence-electron chi connectivity index (χ2n) is 3.47. The summed E-state index contributed by atoms with van der Waals surface area (Å²) in [6.45, 7) is 4.09. The highest BCUT2D eigenvalue weighted by Gasteiger charge is 2.05. The van der Waals surface area contributed by atoms with Gasteiger partial charge in [0, 0.05) is 0 Å². The third kappa shape index (κ3) is 2.18. The first-order valence-electron chi connectivity index (χ1n) is 5.37. The average Bonchev–Trinajstić information content (AvgIpc) is 2.33. The molecular formula is C12H13N3O2. The Hall–Kier alpha value is -2.17. The van der Waals surface area contributed by atoms with E-state index in [2.05, 4.69) is 10.1 Å². The van der Waals surface area contributed by atoms with E-state index in [1.54, 1.807) is 25.1 Å². The predicted octanol–water partition coefficient (Wildman–Crippen LogP) is 1.53. The minimum absolute atomic E-state index is 0.191. The van der Waals surface area contributed by atoms with E-state index in [-0.39, 0.29) is 5.56 Å². The molecule has 0 spiro atoms. The van der Waals surface area contributed by atoms with Crippen molar-refractivity contribution in [1.29, 1.82) is 0 Å². The van der Waals surface area contributed by atoms with E-state index in [0.717, 1.165) is 0 Å². The quantitative estimate of drug-likeness (QED) is 0.594. The summed E-state index contributed by atoms with van der Waals surface area (Å²) < 4.78 is 6.21. The van der Waals surface area contributed by atoms with Gasteiger partial charge in [-0.1, -0.05) is 12.1 Å². The molecule has 1 aromatic carbocycles. The third-order valence-electron chi connectivity index (χ3n) is 2.32. The van der Waals surface area contributed by atoms with Gasteiger partial charge in [-0.25, -0.2) is 4.98 Å². The highest BCUT2D eigenvalue weighted by atomic mass is 16.5. The van der Waals surface area contributed by atoms with Crippen LogP contribution in [-0.4, -0.2) is 22.7 Å². The Balaban J connectivity index is 2.60. The maximum atomic E-state index is 12.1. The van der Waals surface area contributed by atoms with Crippen LogP contribution < -0.4 is 5.56 Å². The molecule has 0 aliphatic rings. The van der Waals surface area contributed by atoms with Gasteiger partial charge in [-0.05, 0) is 26.0 Å². The molecule has 17 heavy (non-hydrogen) atoms. The Kier molecular flexibility index (Phi) is 3.18. The maximum Gasteiger partial charge on any atom is 0.282 e. The molecule has 88 valence electrons. The fourth-order valence-corrected chi connectivity index (χ4v) is 1.53. The molecule has 0 amide bonds. The van der Waals surface area contributed by atoms with E-state index in [4.69, 9.17) is 4.74 Å². The largest absolute Gasteiger partial charge is 0.482 e. The van der Waals surface area contributed by atoms with Gasteiger partial charge in [0.2, 0.25) is 0 Å². The highest BCUT2D eigenvalue weighted by molar-refractivity contribution is 5.77. The fourth-order valence-electron chi connectivity index (χ4n) is 1.53. The first-order chi connectivity index (χ1) is 8.24. The van der Waals surface area contributed by atoms with Gasteiger partial charge in [-0.15, -0.1) is 5.10 Å². The van der Waals surface area contributed by atoms with E-state index in [1.807, 2.05) is 13.0 Å². The number of aromatic nitrogens is 2. The lowest BCUT2D eigenvalue weighted by Crippen LogP contribution is -2.20. The van der Waals surface area contributed by atoms with Gasteiger partial charge in [0.15, 0.2) is 6.40 Å². The zero-order valence-corrected chi connectivity index (χ0v) is 9.75. The van der Waals surface area contributed by atoms with Gasteiger partial charge >= 0.3 is 0 Å². The molecular weight excluding hydrogens is 218 g/mol. The molecule has 5 heteroatoms. The number of hydrogen-bond donors (Lipinski definition) is 0. The molecule has 0 unspecified atom stereocenters. The van der Waals surface area contributed by atoms with Crippen molar-refractivity contribution in [3.05, 3.63) is 40.4 Å². The summed E-state index contributed by atoms with van der Waals surface area (Å²) >= 11 is 0. The van der Waals surface area contributed by atoms with Crippen molar-refractivity contribution < 1.29 is 4.74 Å². The summed E-state index contributed by atoms with van der Waals surface area (Å²) in [6, 6.07) is 7.19. The van der Waals surface area contributed by atoms with Crippen LogP contribution >= 0.6 is 0 Å². The summed E-state index contributed by atoms with van der Waals surface area (Å²) in [6.07, 6.45) is 1.25. The van der Waals surface area contributed by atoms with Gasteiger partial charge < -0.3 is 4.74 Å². The minimum atomic E-state index is -0.191. The second-order valence-corrected chi connectivity index (χ2v) is 3.47. The number of nitrogens with zero attached hydrogens (tertiary/aromatic N) is 3. The molecule has 0 N–H and O–H groups in total. The van der Waals surface area contributed by atoms with Crippen LogP contribution in [0.4, 0.5) is 0 Å². The number of aryl methyl sites for hydroxylation is 1. The number of hydrogen-bond acceptors (Lipinski definition) is 4. The number of fused-ring (bicyclic) bond motifs is 1. The van der Waals surface area contributed by atoms with E-state index >= 15 is 0 Å². The van der Waals surface area contributed by atoms with Crippen molar-refractivity contribution in [3.63, 3.8) is 0 Å². The smallest absolute Gasteiger partial charge is 0.282 e. The van der Waals surface area contributed by atoms with Crippen LogP contribution in [0.3, 0.4) is 0 Å². The van der Waals surface area contributed by atoms with Crippen molar-refractivity contribution in [1.82, 2.24) is 9.66 Å². The Bertz CT molecular complexity index is 617. The molecule has 0 aliphatic carbocycles. The zero-order valence-electron chi connectivity index (χ0n) is 9.75. The van der Waals surface area contributed by atoms with E-state index < -0.39 is 0 Å². The minimum Gasteiger partial charge on any atom is -0.482 e. The number of benzene rings is 1. The van der Waals surface area contributed by atoms with Crippen LogP contribution in [-0.2, 0) is 4.74 Å². The fraction of sp³-hybridized carbons (Fsp3) is 0.250. The monoisotopic (exact) mass is 231 g/mol. The molecule has 1 heterocycles. The van der Waals surface area contributed by atoms with Crippen molar-refractivity contribution >= 4 is 17.3 Å². The van der Waals surface area contributed by atoms with Crippen molar-refractivity contribution in [2.24, 2.45) is 5.10 Å². The Labute approximate surface area is 98.4 Å². The van der Waals surface area contributed by atoms with Gasteiger partial charge in [0.1, 0.15) is 5.82 Å². The van der Waals surface area contributed by atoms with Gasteiger partial charge in [0.05, 0.1) is 17.5 Å². The third-order valence-corrected chi connectivity index (χ3v) is 2.32. The van der Waals surface area contributed by atoms with Crippen LogP contribution in [0.5, 0.6) is 0 Å². The molecule has 0 fully saturated rings. The molecule has 0 saturated carbocycles. The van der Waals surface area contributed by atoms with E-state index in [1.165, 1.54) is 11.1 Å². The molecule has 1 aromatic heterocycles. The lowest BCUT2D eigenvalue weighted by atomic mass is 10.2. The van der Waals surface area contributed by atoms with Crippen LogP contribution in [0, 0.1) is 6.92 Å². The van der Waals surface area contributed by atoms with E-state index in [0.29, 0.717) is 23.3 Å². The highest BCUT2D eigenvalue weighted by Crippen LogP contribution is 2.06. The van der Waals surface area contributed by atoms with E-state index in [9.17, 15) is 4.79 Å². The molecule has 0 aliphatic heterocycles. The molecule has 0 bridgehead atoms. The summed E-state index contributed by atoms with van der Waals surface area (Å²) in [5, 5.41) is 4.49. The zero-order chi connectivity index (χ0) is 12.3. The molecule has 0 saturated heterocycles. The standard InChI is InChI=1S/C12H13N3O2/c1-3-17-8-13-15-9(2)14-11-7-5-4-6-10(11)12(15)16/h4-8H,3H2,1-2H3/b13-8+. The van der Waals surface area contributed by atoms with Crippen molar-refractivity contribution in [2.75, 3.05) is 6.61 Å². The molecule has 2 rings (SSSR count). The van der Waals surface area contributed by atoms with Crippen LogP contribution in [0.2, 0.25) is 0 Å². The summed E-state index contributed by atoms with van der Waals surface area (Å²) in [5.74, 6) is 0.532. The molecule has 5 nitrogen and oxygen atoms in total. The molecule has 2 aromatic rings. The molecule has 0 radical (unpaired) electrons. The van der Waals surface area contributed by atoms with Crippen LogP contribution in [0.15, 0.2) is 34.2 Å². The SMILES string of the molecule is CCO/C=N/n1c(C)nc2ccccc2c1=O. The second kappa shape index (κ2) is 4.78. The average molecular weight is 231 g/mol. The lowest BCUT2D eigenvalue weighted by Gasteiger charge is -2.04. The summed E-state index contributed by atoms with van der Waals surface area (Å²) in [7, 11) is 0. The van der Waals surface area contributed by atoms with Gasteiger partial charge in [-0.3, -0.25) is 4.79 Å². The molecule has 0 atom stereocenters. The number of ether oxygens (including phenoxy) is 1. The summed E-state index contributed by atoms with van der Waals surface area (Å²) in [5.41, 5.74) is 0.488. The van der Waals surface area contributed by atoms with Gasteiger partial charge in [0.25, 0.3) is 5.56 Å². The first-order valence-corrected chi connectivity index (χ1v) is 5.37. The Morgan fingerprint density at radius 2 is 2.24 bits per heavy atom. The van der Waals surface area contributed by atoms with Crippen LogP contribution in [0.1, 0.15) is 12.7 Å². The van der Waals surface area contributed by atoms with Crippen molar-refractivity contribution in [3.8, 4) is 0 Å². The van der Waals surface area contributed by atoms with Crippen molar-refractivity contribution in [2.45, 2.75) is 13.8 Å². The first kappa shape index (κ1) is 11.3. The topological polar surface area (TPSA) is 56.5 Å². The normalized spacial score (nSPS) is 11.2. The Morgan fingerprint density at radius 1 is 1.47 bits per heavy atom. The Morgan fingerprint density at radius 3 is 3.00 bits per heavy atom. The summed E-state index contributed by atoms with van der Waals surface area (Å²) in [4.78, 5) is 16.4.